The van der Waals surface area contributed by atoms with Gasteiger partial charge in [-0.2, -0.15) is 19.1 Å². The zero-order chi connectivity index (χ0) is 31.9. The Balaban J connectivity index is 1.50. The molecule has 0 aliphatic heterocycles. The zero-order valence-electron chi connectivity index (χ0n) is 22.7. The fourth-order valence-electron chi connectivity index (χ4n) is 4.12. The number of aliphatic hydroxyl groups is 1. The van der Waals surface area contributed by atoms with Gasteiger partial charge in [0.15, 0.2) is 5.60 Å². The van der Waals surface area contributed by atoms with Gasteiger partial charge < -0.3 is 15.7 Å². The lowest BCUT2D eigenvalue weighted by Crippen LogP contribution is -2.53. The van der Waals surface area contributed by atoms with Crippen molar-refractivity contribution in [2.75, 3.05) is 6.54 Å². The molecule has 0 fully saturated rings. The molecule has 44 heavy (non-hydrogen) atoms. The number of nitrogens with two attached hydrogens (primary N) is 2. The lowest BCUT2D eigenvalue weighted by Gasteiger charge is -2.37. The number of rotatable bonds is 9. The summed E-state index contributed by atoms with van der Waals surface area (Å²) in [6, 6.07) is 16.4. The van der Waals surface area contributed by atoms with Crippen molar-refractivity contribution < 1.29 is 31.8 Å². The van der Waals surface area contributed by atoms with Crippen LogP contribution in [0.15, 0.2) is 84.1 Å². The van der Waals surface area contributed by atoms with E-state index in [9.17, 15) is 18.3 Å². The number of hydrazone groups is 1. The molecule has 0 radical (unpaired) electrons. The van der Waals surface area contributed by atoms with Crippen molar-refractivity contribution in [2.45, 2.75) is 18.1 Å². The molecular formula is C31H23F5N6O2. The van der Waals surface area contributed by atoms with Crippen molar-refractivity contribution in [3.8, 4) is 23.7 Å². The Morgan fingerprint density at radius 2 is 1.66 bits per heavy atom. The second-order valence-corrected chi connectivity index (χ2v) is 9.42. The fraction of sp³-hybridized carbons (Fsp3) is 0.129. The van der Waals surface area contributed by atoms with Crippen LogP contribution in [-0.2, 0) is 18.1 Å². The summed E-state index contributed by atoms with van der Waals surface area (Å²) >= 11 is 0. The third kappa shape index (κ3) is 6.93. The van der Waals surface area contributed by atoms with E-state index in [0.29, 0.717) is 34.0 Å². The predicted octanol–water partition coefficient (Wildman–Crippen LogP) is 4.41. The maximum Gasteiger partial charge on any atom is 0.323 e. The quantitative estimate of drug-likeness (QED) is 0.0642. The van der Waals surface area contributed by atoms with Gasteiger partial charge in [-0.05, 0) is 66.2 Å². The Bertz CT molecular complexity index is 1770. The van der Waals surface area contributed by atoms with Crippen LogP contribution in [0.4, 0.5) is 22.0 Å². The summed E-state index contributed by atoms with van der Waals surface area (Å²) in [6.07, 6.45) is 1.79. The number of nitrogens with zero attached hydrogens (tertiary/aromatic N) is 4. The normalized spacial score (nSPS) is 12.6. The molecule has 224 valence electrons. The second-order valence-electron chi connectivity index (χ2n) is 9.42. The van der Waals surface area contributed by atoms with Gasteiger partial charge in [0, 0.05) is 29.0 Å². The minimum absolute atomic E-state index is 0.0613. The average Bonchev–Trinajstić information content (AvgIpc) is 2.99. The molecule has 5 N–H and O–H groups in total. The van der Waals surface area contributed by atoms with E-state index in [0.717, 1.165) is 24.7 Å². The lowest BCUT2D eigenvalue weighted by molar-refractivity contribution is -0.203. The van der Waals surface area contributed by atoms with Gasteiger partial charge in [-0.25, -0.2) is 19.0 Å². The molecule has 0 spiro atoms. The van der Waals surface area contributed by atoms with Crippen LogP contribution in [0.25, 0.3) is 0 Å². The van der Waals surface area contributed by atoms with Gasteiger partial charge in [0.25, 0.3) is 0 Å². The molecule has 0 saturated heterocycles. The smallest absolute Gasteiger partial charge is 0.323 e. The molecule has 13 heteroatoms. The maximum atomic E-state index is 15.8. The highest BCUT2D eigenvalue weighted by Crippen LogP contribution is 2.46. The molecule has 1 unspecified atom stereocenters. The van der Waals surface area contributed by atoms with Crippen LogP contribution in [0.1, 0.15) is 33.5 Å². The zero-order valence-corrected chi connectivity index (χ0v) is 22.7. The number of nitriles is 1. The number of hydrogen-bond donors (Lipinski definition) is 3. The Morgan fingerprint density at radius 3 is 2.27 bits per heavy atom. The van der Waals surface area contributed by atoms with E-state index in [-0.39, 0.29) is 17.7 Å². The highest BCUT2D eigenvalue weighted by molar-refractivity contribution is 5.54. The number of halogens is 5. The van der Waals surface area contributed by atoms with E-state index >= 15 is 8.78 Å². The van der Waals surface area contributed by atoms with Crippen molar-refractivity contribution in [1.29, 1.82) is 5.26 Å². The third-order valence-corrected chi connectivity index (χ3v) is 6.37. The molecule has 1 aromatic heterocycles. The first-order valence-electron chi connectivity index (χ1n) is 12.7. The number of hydrazine groups is 1. The second kappa shape index (κ2) is 13.2. The first kappa shape index (κ1) is 31.4. The topological polar surface area (TPSA) is 134 Å². The summed E-state index contributed by atoms with van der Waals surface area (Å²) in [4.78, 5) is 3.75. The van der Waals surface area contributed by atoms with Crippen LogP contribution in [0.5, 0.6) is 5.75 Å². The van der Waals surface area contributed by atoms with Gasteiger partial charge in [-0.3, -0.25) is 9.99 Å². The summed E-state index contributed by atoms with van der Waals surface area (Å²) in [5.74, 6) is 9.37. The third-order valence-electron chi connectivity index (χ3n) is 6.37. The van der Waals surface area contributed by atoms with E-state index in [2.05, 4.69) is 21.9 Å². The summed E-state index contributed by atoms with van der Waals surface area (Å²) < 4.78 is 79.1. The molecule has 1 heterocycles. The van der Waals surface area contributed by atoms with E-state index in [4.69, 9.17) is 21.7 Å². The standard InChI is InChI=1S/C31H23F5N6O2/c32-24-8-11-26(28(34)14-24)30(43,18-42(39)19-41-38)31(35,36)29-12-6-21(16-40-29)2-1-20-4-9-25(10-5-20)44-17-22-3-7-23(15-37)27(33)13-22/h3-14,16,19,43H,17-18,38-39H2/b41-19-. The number of alkyl halides is 2. The van der Waals surface area contributed by atoms with E-state index < -0.39 is 46.8 Å². The molecule has 0 bridgehead atoms. The minimum atomic E-state index is -4.24. The molecule has 0 aliphatic carbocycles. The Labute approximate surface area is 248 Å². The number of pyridine rings is 1. The van der Waals surface area contributed by atoms with Gasteiger partial charge in [-0.1, -0.05) is 17.9 Å². The highest BCUT2D eigenvalue weighted by Gasteiger charge is 2.58. The van der Waals surface area contributed by atoms with Crippen molar-refractivity contribution in [3.05, 3.63) is 130 Å². The number of ether oxygens (including phenoxy) is 1. The first-order chi connectivity index (χ1) is 21.0. The Morgan fingerprint density at radius 1 is 0.955 bits per heavy atom. The van der Waals surface area contributed by atoms with Crippen LogP contribution in [0.2, 0.25) is 0 Å². The van der Waals surface area contributed by atoms with Gasteiger partial charge >= 0.3 is 5.92 Å². The number of aromatic nitrogens is 1. The van der Waals surface area contributed by atoms with E-state index in [1.54, 1.807) is 36.4 Å². The van der Waals surface area contributed by atoms with Gasteiger partial charge in [0.2, 0.25) is 0 Å². The largest absolute Gasteiger partial charge is 0.489 e. The molecule has 1 atom stereocenters. The van der Waals surface area contributed by atoms with Crippen LogP contribution < -0.4 is 16.4 Å². The van der Waals surface area contributed by atoms with Gasteiger partial charge in [-0.15, -0.1) is 0 Å². The Hall–Kier alpha value is -5.50. The molecule has 0 amide bonds. The summed E-state index contributed by atoms with van der Waals surface area (Å²) in [5.41, 5.74) is -3.89. The Kier molecular flexibility index (Phi) is 9.44. The van der Waals surface area contributed by atoms with Crippen molar-refractivity contribution >= 4 is 6.34 Å². The van der Waals surface area contributed by atoms with Crippen LogP contribution in [0.3, 0.4) is 0 Å². The fourth-order valence-corrected chi connectivity index (χ4v) is 4.12. The van der Waals surface area contributed by atoms with E-state index in [1.807, 2.05) is 0 Å². The maximum absolute atomic E-state index is 15.8. The molecule has 0 aliphatic rings. The summed E-state index contributed by atoms with van der Waals surface area (Å²) in [5, 5.41) is 23.6. The first-order valence-corrected chi connectivity index (χ1v) is 12.7. The monoisotopic (exact) mass is 606 g/mol. The van der Waals surface area contributed by atoms with Crippen LogP contribution in [0, 0.1) is 40.6 Å². The molecular weight excluding hydrogens is 583 g/mol. The van der Waals surface area contributed by atoms with Crippen molar-refractivity contribution in [3.63, 3.8) is 0 Å². The molecule has 4 rings (SSSR count). The molecule has 0 saturated carbocycles. The lowest BCUT2D eigenvalue weighted by atomic mass is 9.84. The minimum Gasteiger partial charge on any atom is -0.489 e. The number of benzene rings is 3. The van der Waals surface area contributed by atoms with Gasteiger partial charge in [0.05, 0.1) is 12.1 Å². The highest BCUT2D eigenvalue weighted by atomic mass is 19.3. The molecule has 3 aromatic carbocycles. The SMILES string of the molecule is N#Cc1ccc(COc2ccc(C#Cc3ccc(C(F)(F)C(O)(CN(N)/C=N\N)c4ccc(F)cc4F)nc3)cc2)cc1F. The van der Waals surface area contributed by atoms with E-state index in [1.165, 1.54) is 18.2 Å². The predicted molar refractivity (Wildman–Crippen MR) is 150 cm³/mol. The van der Waals surface area contributed by atoms with Crippen LogP contribution >= 0.6 is 0 Å². The van der Waals surface area contributed by atoms with Crippen LogP contribution in [-0.4, -0.2) is 28.0 Å². The molecule has 4 aromatic rings. The summed E-state index contributed by atoms with van der Waals surface area (Å²) in [6.45, 7) is -1.01. The summed E-state index contributed by atoms with van der Waals surface area (Å²) in [7, 11) is 0. The number of hydrogen-bond acceptors (Lipinski definition) is 7. The van der Waals surface area contributed by atoms with Gasteiger partial charge in [0.1, 0.15) is 47.9 Å². The average molecular weight is 607 g/mol. The van der Waals surface area contributed by atoms with Crippen molar-refractivity contribution in [2.24, 2.45) is 16.8 Å². The van der Waals surface area contributed by atoms with Crippen molar-refractivity contribution in [1.82, 2.24) is 9.99 Å². The molecule has 8 nitrogen and oxygen atoms in total.